The molecule has 0 fully saturated rings. The third-order valence-corrected chi connectivity index (χ3v) is 6.42. The molecule has 0 unspecified atom stereocenters. The van der Waals surface area contributed by atoms with Gasteiger partial charge in [-0.15, -0.1) is 0 Å². The van der Waals surface area contributed by atoms with Crippen molar-refractivity contribution >= 4 is 16.9 Å². The summed E-state index contributed by atoms with van der Waals surface area (Å²) >= 11 is 0. The summed E-state index contributed by atoms with van der Waals surface area (Å²) in [7, 11) is 0. The number of carbonyl (C=O) groups excluding carboxylic acids is 1. The maximum atomic E-state index is 14.7. The molecule has 1 aliphatic rings. The van der Waals surface area contributed by atoms with Crippen molar-refractivity contribution in [2.75, 3.05) is 19.8 Å². The minimum atomic E-state index is -0.297. The van der Waals surface area contributed by atoms with Gasteiger partial charge in [-0.2, -0.15) is 4.98 Å². The van der Waals surface area contributed by atoms with E-state index in [9.17, 15) is 9.18 Å². The normalized spacial score (nSPS) is 13.3. The lowest BCUT2D eigenvalue weighted by Gasteiger charge is -2.22. The smallest absolute Gasteiger partial charge is 0.294 e. The number of carbonyl (C=O) groups is 1. The summed E-state index contributed by atoms with van der Waals surface area (Å²) in [5, 5.41) is 0. The van der Waals surface area contributed by atoms with Gasteiger partial charge in [-0.1, -0.05) is 25.1 Å². The molecule has 0 spiro atoms. The summed E-state index contributed by atoms with van der Waals surface area (Å²) in [6, 6.07) is 15.9. The minimum Gasteiger partial charge on any atom is -0.491 e. The highest BCUT2D eigenvalue weighted by atomic mass is 19.1. The molecule has 180 valence electrons. The third-order valence-electron chi connectivity index (χ3n) is 6.42. The highest BCUT2D eigenvalue weighted by Gasteiger charge is 2.24. The first-order valence-corrected chi connectivity index (χ1v) is 11.9. The number of H-pyrrole nitrogens is 1. The van der Waals surface area contributed by atoms with Crippen LogP contribution in [0.5, 0.6) is 11.8 Å². The number of aromatic nitrogens is 2. The van der Waals surface area contributed by atoms with E-state index in [2.05, 4.69) is 16.0 Å². The molecule has 6 nitrogen and oxygen atoms in total. The van der Waals surface area contributed by atoms with Gasteiger partial charge in [-0.05, 0) is 67.3 Å². The Hall–Kier alpha value is -3.87. The number of imidazole rings is 1. The van der Waals surface area contributed by atoms with E-state index in [-0.39, 0.29) is 11.7 Å². The fraction of sp³-hybridized carbons (Fsp3) is 0.286. The van der Waals surface area contributed by atoms with E-state index in [0.717, 1.165) is 33.5 Å². The highest BCUT2D eigenvalue weighted by molar-refractivity contribution is 5.96. The molecule has 4 aromatic rings. The number of aromatic amines is 1. The molecule has 2 heterocycles. The monoisotopic (exact) mass is 473 g/mol. The number of halogens is 1. The predicted octanol–water partition coefficient (Wildman–Crippen LogP) is 5.67. The second-order valence-electron chi connectivity index (χ2n) is 8.68. The Morgan fingerprint density at radius 3 is 2.74 bits per heavy atom. The van der Waals surface area contributed by atoms with Crippen molar-refractivity contribution in [1.82, 2.24) is 14.9 Å². The molecule has 5 rings (SSSR count). The number of fused-ring (bicyclic) bond motifs is 2. The Bertz CT molecular complexity index is 1410. The molecular weight excluding hydrogens is 445 g/mol. The molecule has 0 radical (unpaired) electrons. The van der Waals surface area contributed by atoms with Crippen LogP contribution in [0.2, 0.25) is 0 Å². The van der Waals surface area contributed by atoms with Crippen LogP contribution < -0.4 is 9.47 Å². The van der Waals surface area contributed by atoms with Gasteiger partial charge >= 0.3 is 0 Å². The third kappa shape index (κ3) is 4.34. The summed E-state index contributed by atoms with van der Waals surface area (Å²) in [6.45, 7) is 7.26. The van der Waals surface area contributed by atoms with Gasteiger partial charge in [-0.3, -0.25) is 4.79 Å². The van der Waals surface area contributed by atoms with E-state index < -0.39 is 0 Å². The van der Waals surface area contributed by atoms with Gasteiger partial charge < -0.3 is 19.4 Å². The van der Waals surface area contributed by atoms with Crippen molar-refractivity contribution in [3.8, 4) is 22.9 Å². The average Bonchev–Trinajstić information content (AvgIpc) is 3.14. The van der Waals surface area contributed by atoms with E-state index >= 15 is 0 Å². The minimum absolute atomic E-state index is 0.176. The van der Waals surface area contributed by atoms with E-state index in [0.29, 0.717) is 55.4 Å². The summed E-state index contributed by atoms with van der Waals surface area (Å²) in [5.74, 6) is 0.287. The average molecular weight is 474 g/mol. The number of rotatable bonds is 5. The van der Waals surface area contributed by atoms with E-state index in [1.807, 2.05) is 44.2 Å². The molecule has 35 heavy (non-hydrogen) atoms. The first kappa shape index (κ1) is 22.9. The lowest BCUT2D eigenvalue weighted by atomic mass is 9.99. The van der Waals surface area contributed by atoms with Crippen LogP contribution in [-0.2, 0) is 13.0 Å². The Balaban J connectivity index is 1.46. The van der Waals surface area contributed by atoms with Crippen LogP contribution in [0, 0.1) is 12.7 Å². The number of aryl methyl sites for hydroxylation is 1. The zero-order chi connectivity index (χ0) is 24.5. The SMILES string of the molecule is CCOc1nc2ccc(-c3ccc4c(c3)CN(C(=O)c3ccc(C)c(F)c3CC)CCO4)cc2[nH]1. The number of hydrogen-bond donors (Lipinski definition) is 1. The summed E-state index contributed by atoms with van der Waals surface area (Å²) < 4.78 is 26.1. The first-order chi connectivity index (χ1) is 17.0. The molecule has 0 bridgehead atoms. The van der Waals surface area contributed by atoms with E-state index in [1.165, 1.54) is 0 Å². The van der Waals surface area contributed by atoms with Crippen LogP contribution >= 0.6 is 0 Å². The van der Waals surface area contributed by atoms with Crippen LogP contribution in [0.15, 0.2) is 48.5 Å². The molecule has 7 heteroatoms. The van der Waals surface area contributed by atoms with E-state index in [1.54, 1.807) is 24.0 Å². The fourth-order valence-corrected chi connectivity index (χ4v) is 4.57. The molecule has 1 amide bonds. The molecule has 0 atom stereocenters. The number of ether oxygens (including phenoxy) is 2. The number of benzene rings is 3. The quantitative estimate of drug-likeness (QED) is 0.405. The predicted molar refractivity (Wildman–Crippen MR) is 133 cm³/mol. The van der Waals surface area contributed by atoms with Crippen LogP contribution in [-0.4, -0.2) is 40.5 Å². The van der Waals surface area contributed by atoms with Crippen LogP contribution in [0.4, 0.5) is 4.39 Å². The van der Waals surface area contributed by atoms with Gasteiger partial charge in [0.05, 0.1) is 24.2 Å². The number of nitrogens with one attached hydrogen (secondary N) is 1. The highest BCUT2D eigenvalue weighted by Crippen LogP contribution is 2.32. The first-order valence-electron chi connectivity index (χ1n) is 11.9. The second kappa shape index (κ2) is 9.41. The maximum Gasteiger partial charge on any atom is 0.294 e. The van der Waals surface area contributed by atoms with Crippen molar-refractivity contribution in [2.24, 2.45) is 0 Å². The summed E-state index contributed by atoms with van der Waals surface area (Å²) in [5.41, 5.74) is 6.11. The molecule has 1 aliphatic heterocycles. The Labute approximate surface area is 203 Å². The van der Waals surface area contributed by atoms with Crippen molar-refractivity contribution in [2.45, 2.75) is 33.7 Å². The van der Waals surface area contributed by atoms with Gasteiger partial charge in [0, 0.05) is 23.2 Å². The number of amides is 1. The van der Waals surface area contributed by atoms with Gasteiger partial charge in [-0.25, -0.2) is 4.39 Å². The second-order valence-corrected chi connectivity index (χ2v) is 8.68. The van der Waals surface area contributed by atoms with Crippen LogP contribution in [0.25, 0.3) is 22.2 Å². The largest absolute Gasteiger partial charge is 0.491 e. The number of nitrogens with zero attached hydrogens (tertiary/aromatic N) is 2. The van der Waals surface area contributed by atoms with Gasteiger partial charge in [0.15, 0.2) is 0 Å². The molecular formula is C28H28FN3O3. The van der Waals surface area contributed by atoms with Crippen molar-refractivity contribution < 1.29 is 18.7 Å². The van der Waals surface area contributed by atoms with Crippen molar-refractivity contribution in [3.63, 3.8) is 0 Å². The number of hydrogen-bond acceptors (Lipinski definition) is 4. The molecule has 0 aliphatic carbocycles. The lowest BCUT2D eigenvalue weighted by molar-refractivity contribution is 0.0731. The molecule has 0 saturated heterocycles. The summed E-state index contributed by atoms with van der Waals surface area (Å²) in [4.78, 5) is 22.8. The van der Waals surface area contributed by atoms with E-state index in [4.69, 9.17) is 9.47 Å². The molecule has 0 saturated carbocycles. The standard InChI is InChI=1S/C28H28FN3O3/c1-4-21-22(9-6-17(3)26(21)29)27(33)32-12-13-35-25-11-8-18(14-20(25)16-32)19-7-10-23-24(15-19)31-28(30-23)34-5-2/h6-11,14-15H,4-5,12-13,16H2,1-3H3,(H,30,31). The topological polar surface area (TPSA) is 67.4 Å². The van der Waals surface area contributed by atoms with Crippen molar-refractivity contribution in [3.05, 3.63) is 76.6 Å². The van der Waals surface area contributed by atoms with Crippen LogP contribution in [0.3, 0.4) is 0 Å². The fourth-order valence-electron chi connectivity index (χ4n) is 4.57. The molecule has 1 aromatic heterocycles. The van der Waals surface area contributed by atoms with Gasteiger partial charge in [0.2, 0.25) is 0 Å². The zero-order valence-corrected chi connectivity index (χ0v) is 20.2. The Morgan fingerprint density at radius 1 is 1.14 bits per heavy atom. The van der Waals surface area contributed by atoms with Gasteiger partial charge in [0.25, 0.3) is 11.9 Å². The molecule has 1 N–H and O–H groups in total. The maximum absolute atomic E-state index is 14.7. The lowest BCUT2D eigenvalue weighted by Crippen LogP contribution is -2.33. The Morgan fingerprint density at radius 2 is 1.94 bits per heavy atom. The zero-order valence-electron chi connectivity index (χ0n) is 20.2. The molecule has 3 aromatic carbocycles. The summed E-state index contributed by atoms with van der Waals surface area (Å²) in [6.07, 6.45) is 0.459. The van der Waals surface area contributed by atoms with Crippen molar-refractivity contribution in [1.29, 1.82) is 0 Å². The van der Waals surface area contributed by atoms with Gasteiger partial charge in [0.1, 0.15) is 18.2 Å². The van der Waals surface area contributed by atoms with Crippen LogP contribution in [0.1, 0.15) is 40.9 Å². The Kier molecular flexibility index (Phi) is 6.16.